The van der Waals surface area contributed by atoms with Crippen molar-refractivity contribution in [2.24, 2.45) is 0 Å². The average molecular weight is 366 g/mol. The first-order valence-electron chi connectivity index (χ1n) is 8.18. The quantitative estimate of drug-likeness (QED) is 0.905. The molecular weight excluding hydrogens is 342 g/mol. The maximum absolute atomic E-state index is 13.0. The molecule has 1 aliphatic rings. The van der Waals surface area contributed by atoms with Gasteiger partial charge in [-0.3, -0.25) is 9.69 Å². The summed E-state index contributed by atoms with van der Waals surface area (Å²) in [5.41, 5.74) is 0.812. The van der Waals surface area contributed by atoms with E-state index < -0.39 is 0 Å². The van der Waals surface area contributed by atoms with Gasteiger partial charge in [0.1, 0.15) is 9.88 Å². The zero-order valence-electron chi connectivity index (χ0n) is 14.2. The molecule has 130 valence electrons. The number of piperazine rings is 1. The van der Waals surface area contributed by atoms with E-state index in [0.717, 1.165) is 33.5 Å². The van der Waals surface area contributed by atoms with Crippen LogP contribution >= 0.6 is 22.7 Å². The number of aliphatic hydroxyl groups excluding tert-OH is 1. The number of carbonyl (C=O) groups excluding carboxylic acids is 1. The van der Waals surface area contributed by atoms with Gasteiger partial charge in [0.2, 0.25) is 0 Å². The third-order valence-corrected chi connectivity index (χ3v) is 6.40. The van der Waals surface area contributed by atoms with Crippen LogP contribution in [-0.2, 0) is 0 Å². The van der Waals surface area contributed by atoms with Crippen molar-refractivity contribution in [2.75, 3.05) is 26.2 Å². The Bertz CT molecular complexity index is 697. The van der Waals surface area contributed by atoms with Crippen molar-refractivity contribution in [1.82, 2.24) is 14.8 Å². The van der Waals surface area contributed by atoms with E-state index in [2.05, 4.69) is 16.8 Å². The molecule has 1 N–H and O–H groups in total. The fourth-order valence-corrected chi connectivity index (χ4v) is 4.92. The number of hydrogen-bond acceptors (Lipinski definition) is 6. The van der Waals surface area contributed by atoms with Crippen molar-refractivity contribution in [1.29, 1.82) is 0 Å². The summed E-state index contributed by atoms with van der Waals surface area (Å²) in [4.78, 5) is 23.6. The zero-order chi connectivity index (χ0) is 17.3. The number of nitrogens with zero attached hydrogens (tertiary/aromatic N) is 3. The minimum atomic E-state index is -0.337. The van der Waals surface area contributed by atoms with E-state index in [0.29, 0.717) is 13.1 Å². The lowest BCUT2D eigenvalue weighted by Crippen LogP contribution is -2.55. The summed E-state index contributed by atoms with van der Waals surface area (Å²) in [6.45, 7) is 8.74. The standard InChI is InChI=1S/C17H23N3O2S2/c1-11-9-19(10-12(2)21)6-7-20(11)17(22)15-13(3)18-16(24-15)14-5-4-8-23-14/h4-5,8,11-12,21H,6-7,9-10H2,1-3H3/t11-,12+/m0/s1. The van der Waals surface area contributed by atoms with Gasteiger partial charge >= 0.3 is 0 Å². The number of thiazole rings is 1. The molecule has 1 fully saturated rings. The second-order valence-corrected chi connectivity index (χ2v) is 8.31. The first kappa shape index (κ1) is 17.5. The Balaban J connectivity index is 1.73. The second-order valence-electron chi connectivity index (χ2n) is 6.37. The number of amides is 1. The number of β-amino-alcohol motifs (C(OH)–C–C–N with tert-alkyl or cyclic N) is 1. The smallest absolute Gasteiger partial charge is 0.266 e. The summed E-state index contributed by atoms with van der Waals surface area (Å²) in [5, 5.41) is 12.5. The molecule has 1 saturated heterocycles. The Hall–Kier alpha value is -1.28. The minimum Gasteiger partial charge on any atom is -0.392 e. The lowest BCUT2D eigenvalue weighted by molar-refractivity contribution is 0.0386. The molecule has 1 amide bonds. The SMILES string of the molecule is Cc1nc(-c2cccs2)sc1C(=O)N1CCN(C[C@@H](C)O)C[C@@H]1C. The molecule has 3 heterocycles. The van der Waals surface area contributed by atoms with Gasteiger partial charge in [0.05, 0.1) is 16.7 Å². The molecule has 0 spiro atoms. The van der Waals surface area contributed by atoms with Crippen molar-refractivity contribution < 1.29 is 9.90 Å². The van der Waals surface area contributed by atoms with Crippen LogP contribution in [0.2, 0.25) is 0 Å². The normalized spacial score (nSPS) is 20.3. The fourth-order valence-electron chi connectivity index (χ4n) is 3.11. The lowest BCUT2D eigenvalue weighted by atomic mass is 10.1. The third-order valence-electron chi connectivity index (χ3n) is 4.22. The molecule has 2 aromatic rings. The van der Waals surface area contributed by atoms with Gasteiger partial charge in [0.15, 0.2) is 0 Å². The molecule has 0 radical (unpaired) electrons. The minimum absolute atomic E-state index is 0.0806. The van der Waals surface area contributed by atoms with Crippen LogP contribution in [-0.4, -0.2) is 64.1 Å². The van der Waals surface area contributed by atoms with E-state index in [1.807, 2.05) is 29.3 Å². The summed E-state index contributed by atoms with van der Waals surface area (Å²) < 4.78 is 0. The van der Waals surface area contributed by atoms with Gasteiger partial charge in [-0.25, -0.2) is 4.98 Å². The summed E-state index contributed by atoms with van der Waals surface area (Å²) in [6, 6.07) is 4.17. The number of rotatable bonds is 4. The predicted molar refractivity (Wildman–Crippen MR) is 98.8 cm³/mol. The molecule has 2 aromatic heterocycles. The van der Waals surface area contributed by atoms with E-state index in [1.165, 1.54) is 11.3 Å². The van der Waals surface area contributed by atoms with E-state index in [1.54, 1.807) is 18.3 Å². The lowest BCUT2D eigenvalue weighted by Gasteiger charge is -2.40. The van der Waals surface area contributed by atoms with Gasteiger partial charge in [-0.05, 0) is 32.2 Å². The van der Waals surface area contributed by atoms with Crippen LogP contribution in [0.15, 0.2) is 17.5 Å². The van der Waals surface area contributed by atoms with Crippen LogP contribution in [0, 0.1) is 6.92 Å². The van der Waals surface area contributed by atoms with Crippen molar-refractivity contribution in [3.05, 3.63) is 28.1 Å². The zero-order valence-corrected chi connectivity index (χ0v) is 15.9. The molecular formula is C17H23N3O2S2. The van der Waals surface area contributed by atoms with Gasteiger partial charge in [-0.2, -0.15) is 0 Å². The van der Waals surface area contributed by atoms with Gasteiger partial charge in [-0.1, -0.05) is 6.07 Å². The highest BCUT2D eigenvalue weighted by molar-refractivity contribution is 7.22. The highest BCUT2D eigenvalue weighted by atomic mass is 32.1. The Morgan fingerprint density at radius 2 is 2.29 bits per heavy atom. The molecule has 1 aliphatic heterocycles. The number of aryl methyl sites for hydroxylation is 1. The summed E-state index contributed by atoms with van der Waals surface area (Å²) in [6.07, 6.45) is -0.337. The van der Waals surface area contributed by atoms with Gasteiger partial charge < -0.3 is 10.0 Å². The number of aromatic nitrogens is 1. The summed E-state index contributed by atoms with van der Waals surface area (Å²) in [5.74, 6) is 0.0806. The average Bonchev–Trinajstić information content (AvgIpc) is 3.15. The topological polar surface area (TPSA) is 56.7 Å². The maximum atomic E-state index is 13.0. The number of thiophene rings is 1. The summed E-state index contributed by atoms with van der Waals surface area (Å²) in [7, 11) is 0. The molecule has 0 aromatic carbocycles. The largest absolute Gasteiger partial charge is 0.392 e. The first-order chi connectivity index (χ1) is 11.5. The van der Waals surface area contributed by atoms with Crippen molar-refractivity contribution in [3.63, 3.8) is 0 Å². The molecule has 0 unspecified atom stereocenters. The van der Waals surface area contributed by atoms with Gasteiger partial charge in [0.25, 0.3) is 5.91 Å². The van der Waals surface area contributed by atoms with Crippen molar-refractivity contribution in [3.8, 4) is 9.88 Å². The van der Waals surface area contributed by atoms with E-state index in [4.69, 9.17) is 0 Å². The monoisotopic (exact) mass is 365 g/mol. The highest BCUT2D eigenvalue weighted by Gasteiger charge is 2.30. The fraction of sp³-hybridized carbons (Fsp3) is 0.529. The van der Waals surface area contributed by atoms with Crippen molar-refractivity contribution in [2.45, 2.75) is 32.9 Å². The van der Waals surface area contributed by atoms with E-state index in [-0.39, 0.29) is 18.1 Å². The van der Waals surface area contributed by atoms with E-state index in [9.17, 15) is 9.90 Å². The third kappa shape index (κ3) is 3.69. The van der Waals surface area contributed by atoms with E-state index >= 15 is 0 Å². The molecule has 7 heteroatoms. The molecule has 0 saturated carbocycles. The molecule has 0 bridgehead atoms. The summed E-state index contributed by atoms with van der Waals surface area (Å²) >= 11 is 3.13. The Morgan fingerprint density at radius 3 is 2.92 bits per heavy atom. The maximum Gasteiger partial charge on any atom is 0.266 e. The Morgan fingerprint density at radius 1 is 1.50 bits per heavy atom. The number of carbonyl (C=O) groups is 1. The molecule has 3 rings (SSSR count). The highest BCUT2D eigenvalue weighted by Crippen LogP contribution is 2.32. The van der Waals surface area contributed by atoms with Gasteiger partial charge in [-0.15, -0.1) is 22.7 Å². The number of hydrogen-bond donors (Lipinski definition) is 1. The number of aliphatic hydroxyl groups is 1. The second kappa shape index (κ2) is 7.31. The van der Waals surface area contributed by atoms with Crippen LogP contribution in [0.1, 0.15) is 29.2 Å². The molecule has 2 atom stereocenters. The predicted octanol–water partition coefficient (Wildman–Crippen LogP) is 2.71. The molecule has 24 heavy (non-hydrogen) atoms. The Kier molecular flexibility index (Phi) is 5.34. The molecule has 5 nitrogen and oxygen atoms in total. The van der Waals surface area contributed by atoms with Crippen LogP contribution in [0.3, 0.4) is 0 Å². The molecule has 0 aliphatic carbocycles. The van der Waals surface area contributed by atoms with Crippen LogP contribution in [0.5, 0.6) is 0 Å². The van der Waals surface area contributed by atoms with Crippen LogP contribution in [0.25, 0.3) is 9.88 Å². The van der Waals surface area contributed by atoms with Gasteiger partial charge in [0, 0.05) is 32.2 Å². The Labute approximate surface area is 150 Å². The first-order valence-corrected chi connectivity index (χ1v) is 9.88. The van der Waals surface area contributed by atoms with Crippen LogP contribution in [0.4, 0.5) is 0 Å². The van der Waals surface area contributed by atoms with Crippen LogP contribution < -0.4 is 0 Å². The van der Waals surface area contributed by atoms with Crippen molar-refractivity contribution >= 4 is 28.6 Å².